The highest BCUT2D eigenvalue weighted by molar-refractivity contribution is 9.10. The summed E-state index contributed by atoms with van der Waals surface area (Å²) in [5.74, 6) is 0.812. The van der Waals surface area contributed by atoms with E-state index in [0.29, 0.717) is 34.5 Å². The molecule has 1 aromatic carbocycles. The Morgan fingerprint density at radius 1 is 1.31 bits per heavy atom. The molecule has 3 heterocycles. The first kappa shape index (κ1) is 19.3. The number of hydrogen-bond donors (Lipinski definition) is 2. The van der Waals surface area contributed by atoms with Crippen molar-refractivity contribution in [3.05, 3.63) is 51.8 Å². The van der Waals surface area contributed by atoms with Crippen molar-refractivity contribution in [3.63, 3.8) is 0 Å². The Morgan fingerprint density at radius 3 is 2.86 bits per heavy atom. The molecular weight excluding hydrogens is 458 g/mol. The van der Waals surface area contributed by atoms with Crippen LogP contribution in [0.15, 0.2) is 45.4 Å². The van der Waals surface area contributed by atoms with Crippen molar-refractivity contribution in [1.29, 1.82) is 0 Å². The molecule has 0 saturated carbocycles. The number of amides is 2. The topological polar surface area (TPSA) is 116 Å². The predicted molar refractivity (Wildman–Crippen MR) is 114 cm³/mol. The summed E-state index contributed by atoms with van der Waals surface area (Å²) in [7, 11) is 0. The number of nitrogens with two attached hydrogens (primary N) is 1. The minimum absolute atomic E-state index is 0.137. The number of thiophene rings is 1. The minimum Gasteiger partial charge on any atom is -0.440 e. The van der Waals surface area contributed by atoms with Crippen LogP contribution in [-0.4, -0.2) is 26.3 Å². The van der Waals surface area contributed by atoms with Crippen LogP contribution in [-0.2, 0) is 11.3 Å². The Balaban J connectivity index is 1.62. The van der Waals surface area contributed by atoms with Gasteiger partial charge in [0.2, 0.25) is 11.9 Å². The second-order valence-corrected chi connectivity index (χ2v) is 8.30. The molecule has 0 bridgehead atoms. The van der Waals surface area contributed by atoms with Crippen molar-refractivity contribution in [2.75, 3.05) is 5.32 Å². The summed E-state index contributed by atoms with van der Waals surface area (Å²) in [6, 6.07) is 9.13. The lowest BCUT2D eigenvalue weighted by Crippen LogP contribution is -2.18. The summed E-state index contributed by atoms with van der Waals surface area (Å²) in [5, 5.41) is 2.84. The number of fused-ring (bicyclic) bond motifs is 1. The number of nitrogens with one attached hydrogen (secondary N) is 1. The summed E-state index contributed by atoms with van der Waals surface area (Å²) in [5.41, 5.74) is 6.80. The standard InChI is InChI=1S/C19H16BrN5O3S/c1-10-22-9-14(28-10)15-4-5-16(29-15)18(27)24-19-23-12-8-11(20)2-3-13(12)25(19)7-6-17(21)26/h2-5,8-9H,6-7H2,1H3,(H2,21,26)(H,23,24,27). The van der Waals surface area contributed by atoms with Gasteiger partial charge < -0.3 is 14.7 Å². The van der Waals surface area contributed by atoms with E-state index in [1.807, 2.05) is 24.3 Å². The zero-order valence-corrected chi connectivity index (χ0v) is 17.7. The Morgan fingerprint density at radius 2 is 2.14 bits per heavy atom. The van der Waals surface area contributed by atoms with Gasteiger partial charge in [-0.1, -0.05) is 15.9 Å². The number of carbonyl (C=O) groups excluding carboxylic acids is 2. The molecule has 0 radical (unpaired) electrons. The number of aryl methyl sites for hydroxylation is 2. The van der Waals surface area contributed by atoms with E-state index in [2.05, 4.69) is 31.2 Å². The second-order valence-electron chi connectivity index (χ2n) is 6.30. The van der Waals surface area contributed by atoms with Gasteiger partial charge >= 0.3 is 0 Å². The number of oxazole rings is 1. The van der Waals surface area contributed by atoms with Gasteiger partial charge in [-0.15, -0.1) is 11.3 Å². The average Bonchev–Trinajstić information content (AvgIpc) is 3.37. The van der Waals surface area contributed by atoms with E-state index in [4.69, 9.17) is 10.2 Å². The molecule has 148 valence electrons. The van der Waals surface area contributed by atoms with E-state index in [-0.39, 0.29) is 12.3 Å². The zero-order valence-electron chi connectivity index (χ0n) is 15.3. The van der Waals surface area contributed by atoms with Crippen LogP contribution in [0.5, 0.6) is 0 Å². The van der Waals surface area contributed by atoms with Crippen molar-refractivity contribution in [2.45, 2.75) is 19.9 Å². The lowest BCUT2D eigenvalue weighted by atomic mass is 10.3. The van der Waals surface area contributed by atoms with Gasteiger partial charge in [0.25, 0.3) is 5.91 Å². The highest BCUT2D eigenvalue weighted by Crippen LogP contribution is 2.30. The number of benzene rings is 1. The molecule has 0 aliphatic carbocycles. The maximum absolute atomic E-state index is 12.8. The molecule has 8 nitrogen and oxygen atoms in total. The third kappa shape index (κ3) is 4.08. The molecule has 0 aliphatic heterocycles. The Kier molecular flexibility index (Phi) is 5.20. The summed E-state index contributed by atoms with van der Waals surface area (Å²) >= 11 is 4.72. The first-order valence-corrected chi connectivity index (χ1v) is 10.3. The molecule has 0 fully saturated rings. The fourth-order valence-electron chi connectivity index (χ4n) is 2.88. The molecule has 29 heavy (non-hydrogen) atoms. The van der Waals surface area contributed by atoms with E-state index < -0.39 is 5.91 Å². The quantitative estimate of drug-likeness (QED) is 0.439. The van der Waals surface area contributed by atoms with Crippen LogP contribution < -0.4 is 11.1 Å². The molecule has 3 N–H and O–H groups in total. The van der Waals surface area contributed by atoms with E-state index in [9.17, 15) is 9.59 Å². The molecule has 0 saturated heterocycles. The van der Waals surface area contributed by atoms with Gasteiger partial charge in [0.1, 0.15) is 0 Å². The predicted octanol–water partition coefficient (Wildman–Crippen LogP) is 3.95. The van der Waals surface area contributed by atoms with Gasteiger partial charge in [-0.25, -0.2) is 9.97 Å². The molecule has 0 spiro atoms. The van der Waals surface area contributed by atoms with Crippen LogP contribution in [0.25, 0.3) is 21.7 Å². The normalized spacial score (nSPS) is 11.1. The lowest BCUT2D eigenvalue weighted by Gasteiger charge is -2.08. The first-order valence-electron chi connectivity index (χ1n) is 8.69. The summed E-state index contributed by atoms with van der Waals surface area (Å²) < 4.78 is 8.15. The van der Waals surface area contributed by atoms with Crippen molar-refractivity contribution in [2.24, 2.45) is 5.73 Å². The van der Waals surface area contributed by atoms with Crippen molar-refractivity contribution < 1.29 is 14.0 Å². The molecule has 4 aromatic rings. The monoisotopic (exact) mass is 473 g/mol. The van der Waals surface area contributed by atoms with Gasteiger partial charge in [0.05, 0.1) is 27.0 Å². The maximum Gasteiger partial charge on any atom is 0.268 e. The van der Waals surface area contributed by atoms with E-state index in [1.165, 1.54) is 11.3 Å². The molecule has 10 heteroatoms. The van der Waals surface area contributed by atoms with Gasteiger partial charge in [0, 0.05) is 24.4 Å². The van der Waals surface area contributed by atoms with E-state index in [0.717, 1.165) is 14.9 Å². The molecule has 4 rings (SSSR count). The summed E-state index contributed by atoms with van der Waals surface area (Å²) in [6.07, 6.45) is 1.77. The number of hydrogen-bond acceptors (Lipinski definition) is 6. The molecule has 3 aromatic heterocycles. The van der Waals surface area contributed by atoms with Crippen molar-refractivity contribution in [3.8, 4) is 10.6 Å². The van der Waals surface area contributed by atoms with Gasteiger partial charge in [-0.05, 0) is 30.3 Å². The van der Waals surface area contributed by atoms with Crippen molar-refractivity contribution >= 4 is 56.1 Å². The van der Waals surface area contributed by atoms with Gasteiger partial charge in [0.15, 0.2) is 11.7 Å². The number of primary amides is 1. The number of rotatable bonds is 6. The number of carbonyl (C=O) groups is 2. The number of imidazole rings is 1. The van der Waals surface area contributed by atoms with Crippen LogP contribution in [0, 0.1) is 6.92 Å². The van der Waals surface area contributed by atoms with Crippen LogP contribution in [0.3, 0.4) is 0 Å². The second kappa shape index (κ2) is 7.80. The van der Waals surface area contributed by atoms with Crippen LogP contribution >= 0.6 is 27.3 Å². The highest BCUT2D eigenvalue weighted by Gasteiger charge is 2.17. The van der Waals surface area contributed by atoms with Crippen LogP contribution in [0.2, 0.25) is 0 Å². The Labute approximate surface area is 177 Å². The Bertz CT molecular complexity index is 1230. The molecule has 0 unspecified atom stereocenters. The van der Waals surface area contributed by atoms with Crippen molar-refractivity contribution in [1.82, 2.24) is 14.5 Å². The smallest absolute Gasteiger partial charge is 0.268 e. The summed E-state index contributed by atoms with van der Waals surface area (Å²) in [6.45, 7) is 2.08. The van der Waals surface area contributed by atoms with Crippen LogP contribution in [0.4, 0.5) is 5.95 Å². The van der Waals surface area contributed by atoms with Crippen LogP contribution in [0.1, 0.15) is 22.0 Å². The van der Waals surface area contributed by atoms with Gasteiger partial charge in [-0.2, -0.15) is 0 Å². The maximum atomic E-state index is 12.8. The first-order chi connectivity index (χ1) is 13.9. The third-order valence-corrected chi connectivity index (χ3v) is 5.80. The number of anilines is 1. The van der Waals surface area contributed by atoms with Gasteiger partial charge in [-0.3, -0.25) is 14.9 Å². The van der Waals surface area contributed by atoms with E-state index >= 15 is 0 Å². The number of nitrogens with zero attached hydrogens (tertiary/aromatic N) is 3. The molecule has 2 amide bonds. The average molecular weight is 474 g/mol. The van der Waals surface area contributed by atoms with E-state index in [1.54, 1.807) is 23.8 Å². The highest BCUT2D eigenvalue weighted by atomic mass is 79.9. The molecule has 0 aliphatic rings. The number of halogens is 1. The minimum atomic E-state index is -0.425. The fourth-order valence-corrected chi connectivity index (χ4v) is 4.07. The largest absolute Gasteiger partial charge is 0.440 e. The third-order valence-electron chi connectivity index (χ3n) is 4.21. The SMILES string of the molecule is Cc1ncc(-c2ccc(C(=O)Nc3nc4cc(Br)ccc4n3CCC(N)=O)s2)o1. The lowest BCUT2D eigenvalue weighted by molar-refractivity contribution is -0.118. The zero-order chi connectivity index (χ0) is 20.5. The number of aromatic nitrogens is 3. The fraction of sp³-hybridized carbons (Fsp3) is 0.158. The summed E-state index contributed by atoms with van der Waals surface area (Å²) in [4.78, 5) is 34.0. The molecular formula is C19H16BrN5O3S. The molecule has 0 atom stereocenters. The Hall–Kier alpha value is -2.98.